The van der Waals surface area contributed by atoms with Gasteiger partial charge >= 0.3 is 0 Å². The molecule has 0 aromatic carbocycles. The highest BCUT2D eigenvalue weighted by Crippen LogP contribution is 2.38. The molecule has 0 radical (unpaired) electrons. The summed E-state index contributed by atoms with van der Waals surface area (Å²) >= 11 is 0. The smallest absolute Gasteiger partial charge is 0.268 e. The zero-order chi connectivity index (χ0) is 37.9. The third-order valence-electron chi connectivity index (χ3n) is 10.1. The van der Waals surface area contributed by atoms with Crippen LogP contribution in [0.4, 0.5) is 0 Å². The molecule has 0 saturated carbocycles. The van der Waals surface area contributed by atoms with E-state index in [0.29, 0.717) is 23.9 Å². The van der Waals surface area contributed by atoms with E-state index in [1.807, 2.05) is 21.1 Å². The minimum atomic E-state index is -4.54. The highest BCUT2D eigenvalue weighted by Gasteiger charge is 2.24. The SMILES string of the molecule is CCCCCCCCCCCCCCCCCCCCCCCCCCCC(O)C(COP(=O)([O-])OCC[N+](C)(C)C)NC(=O)CCCCCC. The average molecular weight is 747 g/mol. The first-order chi connectivity index (χ1) is 24.5. The van der Waals surface area contributed by atoms with Crippen molar-refractivity contribution in [3.63, 3.8) is 0 Å². The van der Waals surface area contributed by atoms with Crippen LogP contribution in [0.25, 0.3) is 0 Å². The molecular formula is C42H87N2O6P. The predicted octanol–water partition coefficient (Wildman–Crippen LogP) is 11.2. The normalized spacial score (nSPS) is 14.4. The van der Waals surface area contributed by atoms with Crippen molar-refractivity contribution in [3.8, 4) is 0 Å². The van der Waals surface area contributed by atoms with Crippen molar-refractivity contribution >= 4 is 13.7 Å². The summed E-state index contributed by atoms with van der Waals surface area (Å²) in [6, 6.07) is -0.790. The topological polar surface area (TPSA) is 108 Å². The number of hydrogen-bond acceptors (Lipinski definition) is 6. The average Bonchev–Trinajstić information content (AvgIpc) is 3.07. The number of amides is 1. The summed E-state index contributed by atoms with van der Waals surface area (Å²) in [5.74, 6) is -0.180. The molecule has 0 aromatic heterocycles. The van der Waals surface area contributed by atoms with Gasteiger partial charge in [0, 0.05) is 6.42 Å². The van der Waals surface area contributed by atoms with Crippen molar-refractivity contribution in [2.45, 2.75) is 225 Å². The van der Waals surface area contributed by atoms with Gasteiger partial charge in [-0.3, -0.25) is 9.36 Å². The Bertz CT molecular complexity index is 809. The Kier molecular flexibility index (Phi) is 34.9. The van der Waals surface area contributed by atoms with Crippen LogP contribution in [0.3, 0.4) is 0 Å². The van der Waals surface area contributed by atoms with E-state index in [1.165, 1.54) is 141 Å². The van der Waals surface area contributed by atoms with Crippen LogP contribution in [0.5, 0.6) is 0 Å². The van der Waals surface area contributed by atoms with E-state index in [1.54, 1.807) is 0 Å². The summed E-state index contributed by atoms with van der Waals surface area (Å²) in [6.45, 7) is 4.61. The van der Waals surface area contributed by atoms with E-state index < -0.39 is 20.0 Å². The van der Waals surface area contributed by atoms with Crippen molar-refractivity contribution in [2.24, 2.45) is 0 Å². The molecule has 3 atom stereocenters. The van der Waals surface area contributed by atoms with Gasteiger partial charge in [0.1, 0.15) is 13.2 Å². The molecule has 8 nitrogen and oxygen atoms in total. The van der Waals surface area contributed by atoms with Gasteiger partial charge in [0.2, 0.25) is 5.91 Å². The molecule has 0 spiro atoms. The van der Waals surface area contributed by atoms with Gasteiger partial charge in [0.05, 0.1) is 39.9 Å². The van der Waals surface area contributed by atoms with Crippen molar-refractivity contribution in [3.05, 3.63) is 0 Å². The molecule has 0 aliphatic heterocycles. The zero-order valence-electron chi connectivity index (χ0n) is 34.6. The fourth-order valence-corrected chi connectivity index (χ4v) is 7.29. The van der Waals surface area contributed by atoms with Gasteiger partial charge in [-0.15, -0.1) is 0 Å². The Morgan fingerprint density at radius 1 is 0.608 bits per heavy atom. The van der Waals surface area contributed by atoms with Crippen LogP contribution in [0, 0.1) is 0 Å². The van der Waals surface area contributed by atoms with E-state index in [4.69, 9.17) is 9.05 Å². The summed E-state index contributed by atoms with van der Waals surface area (Å²) in [5, 5.41) is 13.7. The number of aliphatic hydroxyl groups excluding tert-OH is 1. The number of hydrogen-bond donors (Lipinski definition) is 2. The van der Waals surface area contributed by atoms with Crippen LogP contribution in [0.1, 0.15) is 213 Å². The Morgan fingerprint density at radius 3 is 1.33 bits per heavy atom. The number of unbranched alkanes of at least 4 members (excludes halogenated alkanes) is 27. The van der Waals surface area contributed by atoms with Gasteiger partial charge in [-0.05, 0) is 12.8 Å². The molecule has 3 unspecified atom stereocenters. The lowest BCUT2D eigenvalue weighted by Gasteiger charge is -2.30. The molecule has 0 aliphatic rings. The molecule has 0 fully saturated rings. The maximum atomic E-state index is 12.6. The first-order valence-electron chi connectivity index (χ1n) is 21.9. The van der Waals surface area contributed by atoms with Crippen molar-refractivity contribution < 1.29 is 32.9 Å². The fraction of sp³-hybridized carbons (Fsp3) is 0.976. The number of aliphatic hydroxyl groups is 1. The number of likely N-dealkylation sites (N-methyl/N-ethyl adjacent to an activating group) is 1. The second-order valence-corrected chi connectivity index (χ2v) is 17.8. The van der Waals surface area contributed by atoms with Crippen LogP contribution in [0.15, 0.2) is 0 Å². The summed E-state index contributed by atoms with van der Waals surface area (Å²) in [7, 11) is 1.31. The Labute approximate surface area is 317 Å². The summed E-state index contributed by atoms with van der Waals surface area (Å²) in [4.78, 5) is 24.9. The number of carbonyl (C=O) groups is 1. The molecule has 0 bridgehead atoms. The van der Waals surface area contributed by atoms with E-state index in [9.17, 15) is 19.4 Å². The number of nitrogens with zero attached hydrogens (tertiary/aromatic N) is 1. The first kappa shape index (κ1) is 50.5. The summed E-state index contributed by atoms with van der Waals surface area (Å²) in [6.07, 6.45) is 37.5. The predicted molar refractivity (Wildman–Crippen MR) is 215 cm³/mol. The number of phosphoric acid groups is 1. The van der Waals surface area contributed by atoms with Crippen LogP contribution in [-0.2, 0) is 18.4 Å². The first-order valence-corrected chi connectivity index (χ1v) is 23.3. The Balaban J connectivity index is 3.93. The highest BCUT2D eigenvalue weighted by atomic mass is 31.2. The van der Waals surface area contributed by atoms with Gasteiger partial charge < -0.3 is 28.8 Å². The Hall–Kier alpha value is -0.500. The largest absolute Gasteiger partial charge is 0.756 e. The van der Waals surface area contributed by atoms with E-state index in [-0.39, 0.29) is 19.1 Å². The molecule has 9 heteroatoms. The standard InChI is InChI=1S/C42H87N2O6P/c1-6-8-10-12-13-14-15-16-17-18-19-20-21-22-23-24-25-26-27-28-29-30-31-32-33-35-41(45)40(43-42(46)36-34-11-9-7-2)39-50-51(47,48)49-38-37-44(3,4)5/h40-41,45H,6-39H2,1-5H3,(H-,43,46,47,48). The third kappa shape index (κ3) is 37.6. The number of carbonyl (C=O) groups excluding carboxylic acids is 1. The van der Waals surface area contributed by atoms with Gasteiger partial charge in [0.15, 0.2) is 0 Å². The van der Waals surface area contributed by atoms with Crippen molar-refractivity contribution in [1.82, 2.24) is 5.32 Å². The van der Waals surface area contributed by atoms with Crippen LogP contribution >= 0.6 is 7.82 Å². The minimum Gasteiger partial charge on any atom is -0.756 e. The van der Waals surface area contributed by atoms with Gasteiger partial charge in [0.25, 0.3) is 7.82 Å². The molecule has 1 amide bonds. The molecule has 0 aliphatic carbocycles. The monoisotopic (exact) mass is 747 g/mol. The van der Waals surface area contributed by atoms with Gasteiger partial charge in [-0.1, -0.05) is 194 Å². The van der Waals surface area contributed by atoms with E-state index in [0.717, 1.165) is 44.9 Å². The molecule has 2 N–H and O–H groups in total. The quantitative estimate of drug-likeness (QED) is 0.0367. The fourth-order valence-electron chi connectivity index (χ4n) is 6.57. The summed E-state index contributed by atoms with van der Waals surface area (Å²) < 4.78 is 23.0. The van der Waals surface area contributed by atoms with Crippen LogP contribution in [-0.4, -0.2) is 68.5 Å². The molecule has 0 saturated heterocycles. The maximum absolute atomic E-state index is 12.6. The Morgan fingerprint density at radius 2 is 0.961 bits per heavy atom. The van der Waals surface area contributed by atoms with Crippen LogP contribution < -0.4 is 10.2 Å². The maximum Gasteiger partial charge on any atom is 0.268 e. The number of nitrogens with one attached hydrogen (secondary N) is 1. The molecule has 0 rings (SSSR count). The molecule has 0 aromatic rings. The molecule has 306 valence electrons. The van der Waals surface area contributed by atoms with Crippen molar-refractivity contribution in [1.29, 1.82) is 0 Å². The second kappa shape index (κ2) is 35.2. The molecule has 0 heterocycles. The lowest BCUT2D eigenvalue weighted by molar-refractivity contribution is -0.870. The third-order valence-corrected chi connectivity index (χ3v) is 11.1. The second-order valence-electron chi connectivity index (χ2n) is 16.4. The number of rotatable bonds is 40. The van der Waals surface area contributed by atoms with Crippen LogP contribution in [0.2, 0.25) is 0 Å². The van der Waals surface area contributed by atoms with E-state index >= 15 is 0 Å². The van der Waals surface area contributed by atoms with Gasteiger partial charge in [-0.25, -0.2) is 0 Å². The van der Waals surface area contributed by atoms with E-state index in [2.05, 4.69) is 19.2 Å². The lowest BCUT2D eigenvalue weighted by Crippen LogP contribution is -2.46. The number of quaternary nitrogens is 1. The summed E-state index contributed by atoms with van der Waals surface area (Å²) in [5.41, 5.74) is 0. The lowest BCUT2D eigenvalue weighted by atomic mass is 10.0. The molecule has 51 heavy (non-hydrogen) atoms. The molecular weight excluding hydrogens is 659 g/mol. The zero-order valence-corrected chi connectivity index (χ0v) is 35.5. The number of phosphoric ester groups is 1. The highest BCUT2D eigenvalue weighted by molar-refractivity contribution is 7.45. The minimum absolute atomic E-state index is 0.0147. The van der Waals surface area contributed by atoms with Crippen molar-refractivity contribution in [2.75, 3.05) is 40.9 Å². The van der Waals surface area contributed by atoms with Gasteiger partial charge in [-0.2, -0.15) is 0 Å².